The zero-order chi connectivity index (χ0) is 13.1. The van der Waals surface area contributed by atoms with Gasteiger partial charge in [-0.1, -0.05) is 19.8 Å². The smallest absolute Gasteiger partial charge is 0.153 e. The Morgan fingerprint density at radius 2 is 2.28 bits per heavy atom. The number of anilines is 2. The molecule has 0 radical (unpaired) electrons. The molecule has 2 atom stereocenters. The van der Waals surface area contributed by atoms with Crippen LogP contribution in [0.1, 0.15) is 38.2 Å². The maximum atomic E-state index is 9.00. The average Bonchev–Trinajstić information content (AvgIpc) is 2.38. The maximum absolute atomic E-state index is 9.00. The first kappa shape index (κ1) is 12.7. The molecule has 1 aromatic rings. The monoisotopic (exact) mass is 244 g/mol. The topological polar surface area (TPSA) is 65.9 Å². The highest BCUT2D eigenvalue weighted by atomic mass is 15.2. The van der Waals surface area contributed by atoms with Crippen LogP contribution in [0.15, 0.2) is 12.3 Å². The molecule has 1 aliphatic carbocycles. The number of nitrogens with zero attached hydrogens (tertiary/aromatic N) is 3. The molecule has 0 spiro atoms. The average molecular weight is 244 g/mol. The highest BCUT2D eigenvalue weighted by Crippen LogP contribution is 2.31. The van der Waals surface area contributed by atoms with Crippen molar-refractivity contribution >= 4 is 11.5 Å². The first-order chi connectivity index (χ1) is 8.63. The van der Waals surface area contributed by atoms with Gasteiger partial charge in [0.15, 0.2) is 5.82 Å². The Labute approximate surface area is 108 Å². The predicted octanol–water partition coefficient (Wildman–Crippen LogP) is 2.55. The summed E-state index contributed by atoms with van der Waals surface area (Å²) in [5.41, 5.74) is 7.02. The van der Waals surface area contributed by atoms with E-state index in [4.69, 9.17) is 11.0 Å². The fourth-order valence-corrected chi connectivity index (χ4v) is 2.77. The molecule has 1 heterocycles. The minimum absolute atomic E-state index is 0.484. The van der Waals surface area contributed by atoms with Crippen molar-refractivity contribution in [3.05, 3.63) is 17.8 Å². The molecule has 2 rings (SSSR count). The minimum Gasteiger partial charge on any atom is -0.395 e. The van der Waals surface area contributed by atoms with E-state index >= 15 is 0 Å². The number of aromatic nitrogens is 1. The SMILES string of the molecule is CC1CCCC(N(C)c2nccc(C#N)c2N)C1. The molecule has 2 N–H and O–H groups in total. The van der Waals surface area contributed by atoms with Gasteiger partial charge >= 0.3 is 0 Å². The van der Waals surface area contributed by atoms with Crippen molar-refractivity contribution in [1.82, 2.24) is 4.98 Å². The summed E-state index contributed by atoms with van der Waals surface area (Å²) in [7, 11) is 2.03. The van der Waals surface area contributed by atoms with Gasteiger partial charge < -0.3 is 10.6 Å². The molecule has 1 fully saturated rings. The molecule has 0 saturated heterocycles. The van der Waals surface area contributed by atoms with Crippen LogP contribution in [-0.2, 0) is 0 Å². The van der Waals surface area contributed by atoms with Gasteiger partial charge in [0.1, 0.15) is 6.07 Å². The summed E-state index contributed by atoms with van der Waals surface area (Å²) in [6, 6.07) is 4.26. The third-order valence-electron chi connectivity index (χ3n) is 3.88. The molecule has 0 bridgehead atoms. The first-order valence-electron chi connectivity index (χ1n) is 6.51. The number of rotatable bonds is 2. The lowest BCUT2D eigenvalue weighted by molar-refractivity contribution is 0.336. The van der Waals surface area contributed by atoms with Crippen molar-refractivity contribution in [1.29, 1.82) is 5.26 Å². The first-order valence-corrected chi connectivity index (χ1v) is 6.51. The van der Waals surface area contributed by atoms with Gasteiger partial charge in [0.2, 0.25) is 0 Å². The molecule has 1 saturated carbocycles. The van der Waals surface area contributed by atoms with Crippen LogP contribution in [-0.4, -0.2) is 18.1 Å². The Morgan fingerprint density at radius 1 is 1.50 bits per heavy atom. The largest absolute Gasteiger partial charge is 0.395 e. The van der Waals surface area contributed by atoms with Gasteiger partial charge in [-0.15, -0.1) is 0 Å². The molecule has 96 valence electrons. The van der Waals surface area contributed by atoms with Gasteiger partial charge in [0.25, 0.3) is 0 Å². The minimum atomic E-state index is 0.484. The molecule has 0 aromatic carbocycles. The Balaban J connectivity index is 2.23. The van der Waals surface area contributed by atoms with Crippen LogP contribution < -0.4 is 10.6 Å². The Morgan fingerprint density at radius 3 is 2.94 bits per heavy atom. The van der Waals surface area contributed by atoms with Gasteiger partial charge in [-0.25, -0.2) is 4.98 Å². The van der Waals surface area contributed by atoms with Gasteiger partial charge in [-0.05, 0) is 24.8 Å². The second-order valence-corrected chi connectivity index (χ2v) is 5.24. The molecule has 0 aliphatic heterocycles. The van der Waals surface area contributed by atoms with Gasteiger partial charge in [-0.2, -0.15) is 5.26 Å². The lowest BCUT2D eigenvalue weighted by Gasteiger charge is -2.35. The molecule has 1 aliphatic rings. The number of pyridine rings is 1. The van der Waals surface area contributed by atoms with Crippen LogP contribution >= 0.6 is 0 Å². The molecular weight excluding hydrogens is 224 g/mol. The van der Waals surface area contributed by atoms with Crippen LogP contribution in [0.5, 0.6) is 0 Å². The van der Waals surface area contributed by atoms with E-state index in [1.807, 2.05) is 7.05 Å². The number of hydrogen-bond donors (Lipinski definition) is 1. The number of nitriles is 1. The summed E-state index contributed by atoms with van der Waals surface area (Å²) in [6.07, 6.45) is 6.58. The van der Waals surface area contributed by atoms with Crippen molar-refractivity contribution in [2.45, 2.75) is 38.6 Å². The van der Waals surface area contributed by atoms with Gasteiger partial charge in [0, 0.05) is 19.3 Å². The summed E-state index contributed by atoms with van der Waals surface area (Å²) in [5.74, 6) is 1.50. The molecule has 4 nitrogen and oxygen atoms in total. The summed E-state index contributed by atoms with van der Waals surface area (Å²) < 4.78 is 0. The van der Waals surface area contributed by atoms with E-state index in [1.54, 1.807) is 12.3 Å². The third kappa shape index (κ3) is 2.40. The van der Waals surface area contributed by atoms with Crippen molar-refractivity contribution in [3.63, 3.8) is 0 Å². The molecule has 1 aromatic heterocycles. The van der Waals surface area contributed by atoms with Crippen LogP contribution in [0.25, 0.3) is 0 Å². The molecule has 4 heteroatoms. The lowest BCUT2D eigenvalue weighted by Crippen LogP contribution is -2.36. The van der Waals surface area contributed by atoms with Gasteiger partial charge in [0.05, 0.1) is 11.3 Å². The van der Waals surface area contributed by atoms with Crippen molar-refractivity contribution in [2.24, 2.45) is 5.92 Å². The van der Waals surface area contributed by atoms with Crippen molar-refractivity contribution < 1.29 is 0 Å². The fraction of sp³-hybridized carbons (Fsp3) is 0.571. The number of nitrogens with two attached hydrogens (primary N) is 1. The molecule has 2 unspecified atom stereocenters. The predicted molar refractivity (Wildman–Crippen MR) is 73.2 cm³/mol. The number of hydrogen-bond acceptors (Lipinski definition) is 4. The quantitative estimate of drug-likeness (QED) is 0.868. The lowest BCUT2D eigenvalue weighted by atomic mass is 9.86. The van der Waals surface area contributed by atoms with Crippen molar-refractivity contribution in [3.8, 4) is 6.07 Å². The Bertz CT molecular complexity index is 463. The van der Waals surface area contributed by atoms with E-state index in [9.17, 15) is 0 Å². The van der Waals surface area contributed by atoms with Crippen LogP contribution in [0.2, 0.25) is 0 Å². The molecular formula is C14H20N4. The van der Waals surface area contributed by atoms with Crippen LogP contribution in [0, 0.1) is 17.2 Å². The van der Waals surface area contributed by atoms with E-state index in [2.05, 4.69) is 22.9 Å². The van der Waals surface area contributed by atoms with E-state index < -0.39 is 0 Å². The second-order valence-electron chi connectivity index (χ2n) is 5.24. The standard InChI is InChI=1S/C14H20N4/c1-10-4-3-5-12(8-10)18(2)14-13(16)11(9-15)6-7-17-14/h6-7,10,12H,3-5,8,16H2,1-2H3. The number of nitrogen functional groups attached to an aromatic ring is 1. The molecule has 18 heavy (non-hydrogen) atoms. The second kappa shape index (κ2) is 5.26. The summed E-state index contributed by atoms with van der Waals surface area (Å²) in [4.78, 5) is 6.48. The highest BCUT2D eigenvalue weighted by Gasteiger charge is 2.24. The zero-order valence-electron chi connectivity index (χ0n) is 11.1. The van der Waals surface area contributed by atoms with E-state index in [-0.39, 0.29) is 0 Å². The van der Waals surface area contributed by atoms with Crippen molar-refractivity contribution in [2.75, 3.05) is 17.7 Å². The van der Waals surface area contributed by atoms with E-state index in [0.717, 1.165) is 11.7 Å². The van der Waals surface area contributed by atoms with Gasteiger partial charge in [-0.3, -0.25) is 0 Å². The third-order valence-corrected chi connectivity index (χ3v) is 3.88. The van der Waals surface area contributed by atoms with Crippen LogP contribution in [0.3, 0.4) is 0 Å². The normalized spacial score (nSPS) is 23.4. The maximum Gasteiger partial charge on any atom is 0.153 e. The summed E-state index contributed by atoms with van der Waals surface area (Å²) in [6.45, 7) is 2.29. The summed E-state index contributed by atoms with van der Waals surface area (Å²) in [5, 5.41) is 9.00. The van der Waals surface area contributed by atoms with Crippen LogP contribution in [0.4, 0.5) is 11.5 Å². The zero-order valence-corrected chi connectivity index (χ0v) is 11.1. The Kier molecular flexibility index (Phi) is 3.71. The fourth-order valence-electron chi connectivity index (χ4n) is 2.77. The highest BCUT2D eigenvalue weighted by molar-refractivity contribution is 5.70. The Hall–Kier alpha value is -1.76. The molecule has 0 amide bonds. The summed E-state index contributed by atoms with van der Waals surface area (Å²) >= 11 is 0. The van der Waals surface area contributed by atoms with E-state index in [1.165, 1.54) is 25.7 Å². The van der Waals surface area contributed by atoms with E-state index in [0.29, 0.717) is 17.3 Å².